The molecule has 0 saturated carbocycles. The third-order valence-electron chi connectivity index (χ3n) is 4.59. The van der Waals surface area contributed by atoms with Crippen LogP contribution in [0.1, 0.15) is 31.7 Å². The van der Waals surface area contributed by atoms with Gasteiger partial charge in [0.15, 0.2) is 0 Å². The number of aliphatic hydroxyl groups is 1. The van der Waals surface area contributed by atoms with E-state index in [0.29, 0.717) is 13.2 Å². The number of benzene rings is 3. The quantitative estimate of drug-likeness (QED) is 0.422. The molecule has 0 heterocycles. The van der Waals surface area contributed by atoms with Crippen LogP contribution in [0.3, 0.4) is 0 Å². The zero-order valence-corrected chi connectivity index (χ0v) is 15.7. The van der Waals surface area contributed by atoms with Gasteiger partial charge in [0.05, 0.1) is 6.61 Å². The van der Waals surface area contributed by atoms with Gasteiger partial charge in [-0.05, 0) is 36.2 Å². The number of ether oxygens (including phenoxy) is 2. The molecule has 0 radical (unpaired) electrons. The predicted octanol–water partition coefficient (Wildman–Crippen LogP) is 5.25. The molecule has 3 heteroatoms. The van der Waals surface area contributed by atoms with Crippen LogP contribution in [-0.4, -0.2) is 31.0 Å². The second kappa shape index (κ2) is 9.02. The van der Waals surface area contributed by atoms with Crippen molar-refractivity contribution >= 4 is 21.5 Å². The van der Waals surface area contributed by atoms with E-state index in [9.17, 15) is 5.11 Å². The number of rotatable bonds is 9. The first-order valence-electron chi connectivity index (χ1n) is 9.49. The van der Waals surface area contributed by atoms with Gasteiger partial charge < -0.3 is 14.6 Å². The summed E-state index contributed by atoms with van der Waals surface area (Å²) in [5, 5.41) is 14.7. The highest BCUT2D eigenvalue weighted by Crippen LogP contribution is 2.35. The molecule has 3 aromatic carbocycles. The first-order chi connectivity index (χ1) is 12.7. The van der Waals surface area contributed by atoms with Crippen LogP contribution in [0.4, 0.5) is 0 Å². The lowest BCUT2D eigenvalue weighted by molar-refractivity contribution is 0.0116. The molecule has 3 aromatic rings. The van der Waals surface area contributed by atoms with E-state index in [4.69, 9.17) is 9.47 Å². The maximum Gasteiger partial charge on any atom is 0.135 e. The summed E-state index contributed by atoms with van der Waals surface area (Å²) in [5.74, 6) is 0.840. The molecule has 0 spiro atoms. The van der Waals surface area contributed by atoms with Crippen molar-refractivity contribution in [3.05, 3.63) is 54.1 Å². The predicted molar refractivity (Wildman–Crippen MR) is 108 cm³/mol. The van der Waals surface area contributed by atoms with Crippen LogP contribution in [0.15, 0.2) is 48.5 Å². The van der Waals surface area contributed by atoms with Crippen LogP contribution in [0, 0.1) is 6.92 Å². The van der Waals surface area contributed by atoms with Gasteiger partial charge in [-0.25, -0.2) is 0 Å². The normalized spacial score (nSPS) is 12.6. The Morgan fingerprint density at radius 3 is 2.58 bits per heavy atom. The highest BCUT2D eigenvalue weighted by molar-refractivity contribution is 6.05. The lowest BCUT2D eigenvalue weighted by Crippen LogP contribution is -2.23. The second-order valence-electron chi connectivity index (χ2n) is 6.90. The summed E-state index contributed by atoms with van der Waals surface area (Å²) in [6.07, 6.45) is 2.74. The lowest BCUT2D eigenvalue weighted by atomic mass is 10.0. The van der Waals surface area contributed by atoms with Crippen molar-refractivity contribution in [2.45, 2.75) is 39.2 Å². The molecule has 1 N–H and O–H groups in total. The smallest absolute Gasteiger partial charge is 0.135 e. The fourth-order valence-electron chi connectivity index (χ4n) is 3.19. The van der Waals surface area contributed by atoms with Gasteiger partial charge in [0.25, 0.3) is 0 Å². The highest BCUT2D eigenvalue weighted by atomic mass is 16.5. The minimum atomic E-state index is -0.629. The van der Waals surface area contributed by atoms with E-state index in [1.54, 1.807) is 0 Å². The van der Waals surface area contributed by atoms with E-state index in [2.05, 4.69) is 50.2 Å². The van der Waals surface area contributed by atoms with E-state index in [0.717, 1.165) is 40.1 Å². The number of aliphatic hydroxyl groups excluding tert-OH is 1. The molecule has 0 aliphatic rings. The first-order valence-corrected chi connectivity index (χ1v) is 9.49. The van der Waals surface area contributed by atoms with Crippen LogP contribution in [0.2, 0.25) is 0 Å². The highest BCUT2D eigenvalue weighted by Gasteiger charge is 2.12. The number of hydrogen-bond donors (Lipinski definition) is 1. The molecule has 0 aromatic heterocycles. The number of hydrogen-bond acceptors (Lipinski definition) is 3. The molecular formula is C23H28O3. The maximum atomic E-state index is 10.2. The van der Waals surface area contributed by atoms with E-state index < -0.39 is 6.10 Å². The molecule has 0 saturated heterocycles. The van der Waals surface area contributed by atoms with Gasteiger partial charge in [0.1, 0.15) is 18.5 Å². The monoisotopic (exact) mass is 352 g/mol. The van der Waals surface area contributed by atoms with Crippen molar-refractivity contribution in [2.75, 3.05) is 19.8 Å². The molecule has 1 atom stereocenters. The summed E-state index contributed by atoms with van der Waals surface area (Å²) in [6, 6.07) is 16.8. The Labute approximate surface area is 155 Å². The fraction of sp³-hybridized carbons (Fsp3) is 0.391. The van der Waals surface area contributed by atoms with Crippen LogP contribution in [0.25, 0.3) is 21.5 Å². The minimum Gasteiger partial charge on any atom is -0.489 e. The SMILES string of the molecule is CCCCCOCC(O)COc1c2ccccc2cc2ccc(C)cc12. The Kier molecular flexibility index (Phi) is 6.48. The second-order valence-corrected chi connectivity index (χ2v) is 6.90. The molecule has 0 bridgehead atoms. The Hall–Kier alpha value is -2.10. The van der Waals surface area contributed by atoms with Gasteiger partial charge in [-0.15, -0.1) is 0 Å². The Balaban J connectivity index is 1.76. The zero-order valence-electron chi connectivity index (χ0n) is 15.7. The number of aryl methyl sites for hydroxylation is 1. The summed E-state index contributed by atoms with van der Waals surface area (Å²) in [7, 11) is 0. The summed E-state index contributed by atoms with van der Waals surface area (Å²) in [6.45, 7) is 5.48. The largest absolute Gasteiger partial charge is 0.489 e. The molecule has 3 nitrogen and oxygen atoms in total. The van der Waals surface area contributed by atoms with Gasteiger partial charge >= 0.3 is 0 Å². The van der Waals surface area contributed by atoms with E-state index in [1.807, 2.05) is 12.1 Å². The molecule has 0 aliphatic heterocycles. The van der Waals surface area contributed by atoms with Gasteiger partial charge in [0.2, 0.25) is 0 Å². The minimum absolute atomic E-state index is 0.227. The summed E-state index contributed by atoms with van der Waals surface area (Å²) in [5.41, 5.74) is 1.19. The fourth-order valence-corrected chi connectivity index (χ4v) is 3.19. The number of unbranched alkanes of at least 4 members (excludes halogenated alkanes) is 2. The lowest BCUT2D eigenvalue weighted by Gasteiger charge is -2.16. The van der Waals surface area contributed by atoms with Crippen molar-refractivity contribution < 1.29 is 14.6 Å². The Morgan fingerprint density at radius 2 is 1.73 bits per heavy atom. The molecule has 138 valence electrons. The van der Waals surface area contributed by atoms with Gasteiger partial charge in [-0.2, -0.15) is 0 Å². The van der Waals surface area contributed by atoms with Crippen molar-refractivity contribution in [3.8, 4) is 5.75 Å². The summed E-state index contributed by atoms with van der Waals surface area (Å²) >= 11 is 0. The summed E-state index contributed by atoms with van der Waals surface area (Å²) < 4.78 is 11.6. The van der Waals surface area contributed by atoms with Gasteiger partial charge in [-0.3, -0.25) is 0 Å². The van der Waals surface area contributed by atoms with Gasteiger partial charge in [0, 0.05) is 17.4 Å². The van der Waals surface area contributed by atoms with Crippen LogP contribution in [-0.2, 0) is 4.74 Å². The third-order valence-corrected chi connectivity index (χ3v) is 4.59. The number of fused-ring (bicyclic) bond motifs is 2. The van der Waals surface area contributed by atoms with Crippen LogP contribution >= 0.6 is 0 Å². The van der Waals surface area contributed by atoms with Crippen molar-refractivity contribution in [2.24, 2.45) is 0 Å². The Bertz CT molecular complexity index is 857. The molecule has 0 fully saturated rings. The molecule has 26 heavy (non-hydrogen) atoms. The average molecular weight is 352 g/mol. The maximum absolute atomic E-state index is 10.2. The van der Waals surface area contributed by atoms with E-state index in [-0.39, 0.29) is 6.61 Å². The van der Waals surface area contributed by atoms with Crippen molar-refractivity contribution in [3.63, 3.8) is 0 Å². The van der Waals surface area contributed by atoms with E-state index >= 15 is 0 Å². The average Bonchev–Trinajstić information content (AvgIpc) is 2.65. The van der Waals surface area contributed by atoms with Crippen LogP contribution in [0.5, 0.6) is 5.75 Å². The van der Waals surface area contributed by atoms with E-state index in [1.165, 1.54) is 12.0 Å². The van der Waals surface area contributed by atoms with Gasteiger partial charge in [-0.1, -0.05) is 61.7 Å². The molecule has 0 aliphatic carbocycles. The topological polar surface area (TPSA) is 38.7 Å². The first kappa shape index (κ1) is 18.7. The molecule has 1 unspecified atom stereocenters. The zero-order chi connectivity index (χ0) is 18.4. The summed E-state index contributed by atoms with van der Waals surface area (Å²) in [4.78, 5) is 0. The van der Waals surface area contributed by atoms with Crippen molar-refractivity contribution in [1.29, 1.82) is 0 Å². The Morgan fingerprint density at radius 1 is 0.923 bits per heavy atom. The van der Waals surface area contributed by atoms with Crippen LogP contribution < -0.4 is 4.74 Å². The third kappa shape index (κ3) is 4.54. The molecular weight excluding hydrogens is 324 g/mol. The standard InChI is InChI=1S/C23H28O3/c1-3-4-7-12-25-15-20(24)16-26-23-21-9-6-5-8-18(21)14-19-11-10-17(2)13-22(19)23/h5-6,8-11,13-14,20,24H,3-4,7,12,15-16H2,1-2H3. The molecule has 0 amide bonds. The van der Waals surface area contributed by atoms with Crippen molar-refractivity contribution in [1.82, 2.24) is 0 Å². The molecule has 3 rings (SSSR count).